The van der Waals surface area contributed by atoms with Crippen LogP contribution in [0.15, 0.2) is 101 Å². The van der Waals surface area contributed by atoms with Crippen LogP contribution < -0.4 is 9.80 Å². The van der Waals surface area contributed by atoms with Crippen LogP contribution in [0.3, 0.4) is 0 Å². The van der Waals surface area contributed by atoms with Gasteiger partial charge in [-0.15, -0.1) is 0 Å². The molecule has 0 aliphatic carbocycles. The number of hydrogen-bond donors (Lipinski definition) is 0. The summed E-state index contributed by atoms with van der Waals surface area (Å²) in [6.45, 7) is 2.76. The van der Waals surface area contributed by atoms with Gasteiger partial charge in [0.25, 0.3) is 0 Å². The molecule has 0 radical (unpaired) electrons. The van der Waals surface area contributed by atoms with Crippen LogP contribution in [0.1, 0.15) is 5.56 Å². The number of nitrogens with zero attached hydrogens (tertiary/aromatic N) is 2. The van der Waals surface area contributed by atoms with Crippen LogP contribution in [-0.2, 0) is 9.84 Å². The van der Waals surface area contributed by atoms with E-state index in [1.54, 1.807) is 36.4 Å². The molecule has 1 aliphatic heterocycles. The van der Waals surface area contributed by atoms with Gasteiger partial charge >= 0.3 is 0 Å². The standard InChI is InChI=1S/C22H20N2O2S/c1-18-7-9-19(10-8-18)23-15-16-24(17-23)20-11-13-22(14-12-20)27(25,26)21-5-3-2-4-6-21/h2-16H,17H2,1H3. The molecule has 0 unspecified atom stereocenters. The summed E-state index contributed by atoms with van der Waals surface area (Å²) in [7, 11) is -3.48. The summed E-state index contributed by atoms with van der Waals surface area (Å²) in [5, 5.41) is 0. The van der Waals surface area contributed by atoms with Crippen molar-refractivity contribution >= 4 is 21.2 Å². The molecule has 0 bridgehead atoms. The van der Waals surface area contributed by atoms with Crippen LogP contribution in [-0.4, -0.2) is 15.1 Å². The molecule has 0 aromatic heterocycles. The van der Waals surface area contributed by atoms with Crippen molar-refractivity contribution in [3.63, 3.8) is 0 Å². The molecule has 3 aromatic rings. The molecule has 0 saturated carbocycles. The fraction of sp³-hybridized carbons (Fsp3) is 0.0909. The first-order chi connectivity index (χ1) is 13.0. The monoisotopic (exact) mass is 376 g/mol. The lowest BCUT2D eigenvalue weighted by atomic mass is 10.2. The zero-order chi connectivity index (χ0) is 18.9. The van der Waals surface area contributed by atoms with E-state index in [0.29, 0.717) is 16.5 Å². The Kier molecular flexibility index (Phi) is 4.46. The fourth-order valence-electron chi connectivity index (χ4n) is 3.04. The number of sulfone groups is 1. The molecule has 136 valence electrons. The van der Waals surface area contributed by atoms with Gasteiger partial charge in [0.05, 0.1) is 16.5 Å². The summed E-state index contributed by atoms with van der Waals surface area (Å²) in [5.41, 5.74) is 3.31. The van der Waals surface area contributed by atoms with E-state index in [-0.39, 0.29) is 0 Å². The number of benzene rings is 3. The summed E-state index contributed by atoms with van der Waals surface area (Å²) in [4.78, 5) is 4.84. The van der Waals surface area contributed by atoms with E-state index >= 15 is 0 Å². The summed E-state index contributed by atoms with van der Waals surface area (Å²) in [6, 6.07) is 23.9. The minimum absolute atomic E-state index is 0.302. The van der Waals surface area contributed by atoms with Crippen molar-refractivity contribution < 1.29 is 8.42 Å². The van der Waals surface area contributed by atoms with Gasteiger partial charge in [0.15, 0.2) is 0 Å². The quantitative estimate of drug-likeness (QED) is 0.668. The minimum Gasteiger partial charge on any atom is -0.328 e. The average Bonchev–Trinajstić information content (AvgIpc) is 3.19. The summed E-state index contributed by atoms with van der Waals surface area (Å²) >= 11 is 0. The Balaban J connectivity index is 1.52. The van der Waals surface area contributed by atoms with Crippen molar-refractivity contribution in [2.45, 2.75) is 16.7 Å². The highest BCUT2D eigenvalue weighted by atomic mass is 32.2. The van der Waals surface area contributed by atoms with Gasteiger partial charge in [-0.05, 0) is 55.5 Å². The molecule has 0 atom stereocenters. The van der Waals surface area contributed by atoms with Crippen molar-refractivity contribution in [1.82, 2.24) is 0 Å². The minimum atomic E-state index is -3.48. The van der Waals surface area contributed by atoms with Crippen LogP contribution in [0.2, 0.25) is 0 Å². The van der Waals surface area contributed by atoms with Crippen LogP contribution in [0.25, 0.3) is 0 Å². The van der Waals surface area contributed by atoms with E-state index in [1.807, 2.05) is 30.6 Å². The molecule has 0 amide bonds. The molecule has 0 spiro atoms. The van der Waals surface area contributed by atoms with Crippen molar-refractivity contribution in [1.29, 1.82) is 0 Å². The Labute approximate surface area is 159 Å². The maximum Gasteiger partial charge on any atom is 0.206 e. The SMILES string of the molecule is Cc1ccc(N2C=CN(c3ccc(S(=O)(=O)c4ccccc4)cc3)C2)cc1. The Morgan fingerprint density at radius 3 is 1.70 bits per heavy atom. The van der Waals surface area contributed by atoms with Crippen molar-refractivity contribution in [3.8, 4) is 0 Å². The summed E-state index contributed by atoms with van der Waals surface area (Å²) in [5.74, 6) is 0. The lowest BCUT2D eigenvalue weighted by Gasteiger charge is -2.21. The second kappa shape index (κ2) is 6.93. The Hall–Kier alpha value is -3.05. The molecule has 27 heavy (non-hydrogen) atoms. The van der Waals surface area contributed by atoms with E-state index in [1.165, 1.54) is 5.56 Å². The van der Waals surface area contributed by atoms with Crippen LogP contribution in [0.4, 0.5) is 11.4 Å². The molecule has 5 heteroatoms. The first-order valence-electron chi connectivity index (χ1n) is 8.72. The van der Waals surface area contributed by atoms with E-state index in [0.717, 1.165) is 11.4 Å². The highest BCUT2D eigenvalue weighted by molar-refractivity contribution is 7.91. The van der Waals surface area contributed by atoms with Crippen LogP contribution >= 0.6 is 0 Å². The smallest absolute Gasteiger partial charge is 0.206 e. The van der Waals surface area contributed by atoms with E-state index in [4.69, 9.17) is 0 Å². The third kappa shape index (κ3) is 3.46. The Morgan fingerprint density at radius 2 is 1.15 bits per heavy atom. The van der Waals surface area contributed by atoms with Gasteiger partial charge in [-0.3, -0.25) is 0 Å². The maximum atomic E-state index is 12.7. The molecule has 1 aliphatic rings. The van der Waals surface area contributed by atoms with Gasteiger partial charge in [-0.25, -0.2) is 8.42 Å². The average molecular weight is 376 g/mol. The van der Waals surface area contributed by atoms with Gasteiger partial charge in [-0.1, -0.05) is 35.9 Å². The number of rotatable bonds is 4. The van der Waals surface area contributed by atoms with Gasteiger partial charge in [0.1, 0.15) is 0 Å². The molecule has 0 N–H and O–H groups in total. The molecule has 0 fully saturated rings. The predicted molar refractivity (Wildman–Crippen MR) is 108 cm³/mol. The molecule has 1 heterocycles. The molecule has 4 rings (SSSR count). The molecular formula is C22H20N2O2S. The van der Waals surface area contributed by atoms with E-state index in [2.05, 4.69) is 41.0 Å². The zero-order valence-electron chi connectivity index (χ0n) is 15.0. The topological polar surface area (TPSA) is 40.6 Å². The van der Waals surface area contributed by atoms with Gasteiger partial charge in [-0.2, -0.15) is 0 Å². The molecular weight excluding hydrogens is 356 g/mol. The predicted octanol–water partition coefficient (Wildman–Crippen LogP) is 4.58. The zero-order valence-corrected chi connectivity index (χ0v) is 15.8. The number of anilines is 2. The van der Waals surface area contributed by atoms with Crippen molar-refractivity contribution in [2.75, 3.05) is 16.5 Å². The normalized spacial score (nSPS) is 14.0. The lowest BCUT2D eigenvalue weighted by Crippen LogP contribution is -2.24. The van der Waals surface area contributed by atoms with E-state index in [9.17, 15) is 8.42 Å². The lowest BCUT2D eigenvalue weighted by molar-refractivity contribution is 0.596. The highest BCUT2D eigenvalue weighted by Crippen LogP contribution is 2.27. The second-order valence-electron chi connectivity index (χ2n) is 6.53. The van der Waals surface area contributed by atoms with Gasteiger partial charge < -0.3 is 9.80 Å². The largest absolute Gasteiger partial charge is 0.328 e. The molecule has 0 saturated heterocycles. The second-order valence-corrected chi connectivity index (χ2v) is 8.47. The third-order valence-electron chi connectivity index (χ3n) is 4.63. The highest BCUT2D eigenvalue weighted by Gasteiger charge is 2.19. The number of aryl methyl sites for hydroxylation is 1. The van der Waals surface area contributed by atoms with Gasteiger partial charge in [0.2, 0.25) is 9.84 Å². The fourth-order valence-corrected chi connectivity index (χ4v) is 4.33. The number of hydrogen-bond acceptors (Lipinski definition) is 4. The Morgan fingerprint density at radius 1 is 0.667 bits per heavy atom. The van der Waals surface area contributed by atoms with E-state index < -0.39 is 9.84 Å². The molecule has 4 nitrogen and oxygen atoms in total. The van der Waals surface area contributed by atoms with Crippen LogP contribution in [0.5, 0.6) is 0 Å². The Bertz CT molecular complexity index is 1060. The van der Waals surface area contributed by atoms with Crippen LogP contribution in [0, 0.1) is 6.92 Å². The summed E-state index contributed by atoms with van der Waals surface area (Å²) < 4.78 is 25.4. The first-order valence-corrected chi connectivity index (χ1v) is 10.2. The first kappa shape index (κ1) is 17.4. The van der Waals surface area contributed by atoms with Gasteiger partial charge in [0, 0.05) is 23.8 Å². The summed E-state index contributed by atoms with van der Waals surface area (Å²) in [6.07, 6.45) is 4.03. The maximum absolute atomic E-state index is 12.7. The third-order valence-corrected chi connectivity index (χ3v) is 6.41. The van der Waals surface area contributed by atoms with Crippen molar-refractivity contribution in [2.24, 2.45) is 0 Å². The molecule has 3 aromatic carbocycles. The van der Waals surface area contributed by atoms with Crippen molar-refractivity contribution in [3.05, 3.63) is 96.8 Å².